The normalized spacial score (nSPS) is 27.7. The molecular weight excluding hydrogens is 581 g/mol. The fraction of sp³-hybridized carbons (Fsp3) is 0.517. The molecule has 7 rings (SSSR count). The van der Waals surface area contributed by atoms with E-state index < -0.39 is 51.3 Å². The molecule has 3 aromatic rings. The van der Waals surface area contributed by atoms with Crippen LogP contribution in [0.25, 0.3) is 22.2 Å². The molecule has 224 valence electrons. The second kappa shape index (κ2) is 10.1. The van der Waals surface area contributed by atoms with Gasteiger partial charge in [-0.25, -0.2) is 13.8 Å². The van der Waals surface area contributed by atoms with Crippen molar-refractivity contribution in [1.29, 1.82) is 0 Å². The van der Waals surface area contributed by atoms with E-state index >= 15 is 4.39 Å². The number of hydrogen-bond donors (Lipinski definition) is 2. The van der Waals surface area contributed by atoms with Gasteiger partial charge in [0, 0.05) is 61.4 Å². The maximum Gasteiger partial charge on any atom is 0.418 e. The number of hydrogen-bond acceptors (Lipinski definition) is 7. The van der Waals surface area contributed by atoms with E-state index in [1.807, 2.05) is 0 Å². The first kappa shape index (κ1) is 27.8. The number of ether oxygens (including phenoxy) is 1. The van der Waals surface area contributed by atoms with Crippen molar-refractivity contribution in [3.63, 3.8) is 0 Å². The molecule has 4 atom stereocenters. The summed E-state index contributed by atoms with van der Waals surface area (Å²) in [7, 11) is 0. The van der Waals surface area contributed by atoms with Gasteiger partial charge in [0.2, 0.25) is 5.88 Å². The number of anilines is 1. The fourth-order valence-corrected chi connectivity index (χ4v) is 7.67. The molecule has 0 aliphatic carbocycles. The third-order valence-electron chi connectivity index (χ3n) is 9.17. The molecule has 0 saturated carbocycles. The SMILES string of the molecule is Oc1cc(Cl)c(C(F)(F)F)c(-c2ncc3c(N4CC5CCC(C4)N5)cc(OCC45CCCN4C[C@H](F)C5)nc3c2F)c1. The van der Waals surface area contributed by atoms with E-state index in [0.717, 1.165) is 44.4 Å². The number of benzene rings is 1. The third-order valence-corrected chi connectivity index (χ3v) is 9.47. The predicted molar refractivity (Wildman–Crippen MR) is 147 cm³/mol. The first-order valence-electron chi connectivity index (χ1n) is 14.1. The van der Waals surface area contributed by atoms with Gasteiger partial charge in [-0.1, -0.05) is 11.6 Å². The van der Waals surface area contributed by atoms with Gasteiger partial charge in [-0.3, -0.25) is 9.88 Å². The second-order valence-corrected chi connectivity index (χ2v) is 12.3. The highest BCUT2D eigenvalue weighted by Gasteiger charge is 2.49. The molecule has 0 spiro atoms. The van der Waals surface area contributed by atoms with Crippen molar-refractivity contribution < 1.29 is 31.8 Å². The van der Waals surface area contributed by atoms with Crippen LogP contribution in [0.15, 0.2) is 24.4 Å². The van der Waals surface area contributed by atoms with E-state index in [-0.39, 0.29) is 30.1 Å². The van der Waals surface area contributed by atoms with Crippen LogP contribution in [0, 0.1) is 5.82 Å². The number of rotatable bonds is 5. The molecule has 6 heterocycles. The predicted octanol–water partition coefficient (Wildman–Crippen LogP) is 5.71. The summed E-state index contributed by atoms with van der Waals surface area (Å²) in [5.74, 6) is -1.54. The third kappa shape index (κ3) is 4.71. The van der Waals surface area contributed by atoms with Crippen LogP contribution in [-0.4, -0.2) is 76.6 Å². The minimum atomic E-state index is -4.94. The molecule has 0 amide bonds. The summed E-state index contributed by atoms with van der Waals surface area (Å²) in [5.41, 5.74) is -2.69. The number of nitrogens with one attached hydrogen (secondary N) is 1. The average Bonchev–Trinajstić information content (AvgIpc) is 3.56. The number of phenolic OH excluding ortho intramolecular Hbond substituents is 1. The quantitative estimate of drug-likeness (QED) is 0.359. The molecule has 3 unspecified atom stereocenters. The van der Waals surface area contributed by atoms with Crippen molar-refractivity contribution in [2.45, 2.75) is 62.1 Å². The number of phenols is 1. The Kier molecular flexibility index (Phi) is 6.67. The lowest BCUT2D eigenvalue weighted by Crippen LogP contribution is -2.51. The van der Waals surface area contributed by atoms with Crippen molar-refractivity contribution in [2.75, 3.05) is 37.7 Å². The Labute approximate surface area is 243 Å². The van der Waals surface area contributed by atoms with E-state index in [1.54, 1.807) is 6.07 Å². The van der Waals surface area contributed by atoms with Crippen LogP contribution in [-0.2, 0) is 6.18 Å². The highest BCUT2D eigenvalue weighted by atomic mass is 35.5. The van der Waals surface area contributed by atoms with Crippen LogP contribution in [0.1, 0.15) is 37.7 Å². The van der Waals surface area contributed by atoms with Crippen molar-refractivity contribution in [3.05, 3.63) is 40.8 Å². The molecule has 1 aromatic carbocycles. The summed E-state index contributed by atoms with van der Waals surface area (Å²) in [5, 5.41) is 13.2. The molecule has 13 heteroatoms. The van der Waals surface area contributed by atoms with Crippen molar-refractivity contribution in [3.8, 4) is 22.9 Å². The molecule has 2 aromatic heterocycles. The number of halogens is 6. The monoisotopic (exact) mass is 609 g/mol. The van der Waals surface area contributed by atoms with Crippen molar-refractivity contribution in [1.82, 2.24) is 20.2 Å². The maximum absolute atomic E-state index is 16.3. The summed E-state index contributed by atoms with van der Waals surface area (Å²) in [6.07, 6.45) is -0.525. The summed E-state index contributed by atoms with van der Waals surface area (Å²) in [6, 6.07) is 3.77. The van der Waals surface area contributed by atoms with Gasteiger partial charge in [-0.2, -0.15) is 13.2 Å². The number of piperazine rings is 1. The van der Waals surface area contributed by atoms with Gasteiger partial charge in [0.1, 0.15) is 29.7 Å². The van der Waals surface area contributed by atoms with Crippen molar-refractivity contribution >= 4 is 28.2 Å². The second-order valence-electron chi connectivity index (χ2n) is 11.9. The van der Waals surface area contributed by atoms with E-state index in [1.165, 1.54) is 6.20 Å². The molecule has 7 nitrogen and oxygen atoms in total. The topological polar surface area (TPSA) is 73.8 Å². The average molecular weight is 610 g/mol. The van der Waals surface area contributed by atoms with Crippen LogP contribution in [0.3, 0.4) is 0 Å². The van der Waals surface area contributed by atoms with E-state index in [0.29, 0.717) is 37.1 Å². The number of pyridine rings is 2. The number of nitrogens with zero attached hydrogens (tertiary/aromatic N) is 4. The largest absolute Gasteiger partial charge is 0.508 e. The van der Waals surface area contributed by atoms with Crippen LogP contribution in [0.5, 0.6) is 11.6 Å². The van der Waals surface area contributed by atoms with Gasteiger partial charge >= 0.3 is 6.18 Å². The summed E-state index contributed by atoms with van der Waals surface area (Å²) >= 11 is 5.87. The van der Waals surface area contributed by atoms with Crippen LogP contribution < -0.4 is 15.0 Å². The summed E-state index contributed by atoms with van der Waals surface area (Å²) in [6.45, 7) is 2.60. The Hall–Kier alpha value is -2.96. The molecule has 0 radical (unpaired) electrons. The summed E-state index contributed by atoms with van der Waals surface area (Å²) < 4.78 is 78.9. The van der Waals surface area contributed by atoms with Crippen LogP contribution >= 0.6 is 11.6 Å². The highest BCUT2D eigenvalue weighted by Crippen LogP contribution is 2.45. The maximum atomic E-state index is 16.3. The lowest BCUT2D eigenvalue weighted by Gasteiger charge is -2.35. The number of alkyl halides is 4. The molecule has 4 fully saturated rings. The lowest BCUT2D eigenvalue weighted by atomic mass is 9.95. The molecule has 2 N–H and O–H groups in total. The zero-order valence-corrected chi connectivity index (χ0v) is 23.3. The first-order valence-corrected chi connectivity index (χ1v) is 14.5. The molecular formula is C29H29ClF5N5O2. The van der Waals surface area contributed by atoms with Gasteiger partial charge in [0.15, 0.2) is 5.82 Å². The Morgan fingerprint density at radius 1 is 1.14 bits per heavy atom. The van der Waals surface area contributed by atoms with E-state index in [2.05, 4.69) is 25.1 Å². The number of fused-ring (bicyclic) bond motifs is 4. The van der Waals surface area contributed by atoms with E-state index in [9.17, 15) is 22.7 Å². The lowest BCUT2D eigenvalue weighted by molar-refractivity contribution is -0.137. The summed E-state index contributed by atoms with van der Waals surface area (Å²) in [4.78, 5) is 12.7. The molecule has 42 heavy (non-hydrogen) atoms. The van der Waals surface area contributed by atoms with Gasteiger partial charge in [-0.15, -0.1) is 0 Å². The minimum Gasteiger partial charge on any atom is -0.508 e. The van der Waals surface area contributed by atoms with E-state index in [4.69, 9.17) is 16.3 Å². The molecule has 4 aliphatic rings. The first-order chi connectivity index (χ1) is 20.0. The Morgan fingerprint density at radius 3 is 2.64 bits per heavy atom. The van der Waals surface area contributed by atoms with Gasteiger partial charge < -0.3 is 20.1 Å². The Balaban J connectivity index is 1.35. The zero-order valence-electron chi connectivity index (χ0n) is 22.5. The van der Waals surface area contributed by atoms with Gasteiger partial charge in [-0.05, 0) is 44.4 Å². The van der Waals surface area contributed by atoms with Crippen LogP contribution in [0.4, 0.5) is 27.6 Å². The Morgan fingerprint density at radius 2 is 1.90 bits per heavy atom. The fourth-order valence-electron chi connectivity index (χ4n) is 7.35. The van der Waals surface area contributed by atoms with Gasteiger partial charge in [0.05, 0.1) is 21.8 Å². The van der Waals surface area contributed by atoms with Crippen molar-refractivity contribution in [2.24, 2.45) is 0 Å². The molecule has 4 aliphatic heterocycles. The standard InChI is InChI=1S/C29H29ClF5N5O2/c30-21-7-18(41)6-19(24(21)29(33,34)35)26-25(32)27-20(10-36-26)22(39-12-16-2-3-17(13-39)37-16)8-23(38-27)42-14-28-4-1-5-40(28)11-15(31)9-28/h6-8,10,15-17,37,41H,1-5,9,11-14H2/t15-,16?,17?,28?/m1/s1. The van der Waals surface area contributed by atoms with Crippen LogP contribution in [0.2, 0.25) is 5.02 Å². The number of aromatic hydroxyl groups is 1. The smallest absolute Gasteiger partial charge is 0.418 e. The Bertz CT molecular complexity index is 1550. The minimum absolute atomic E-state index is 0.105. The van der Waals surface area contributed by atoms with Gasteiger partial charge in [0.25, 0.3) is 0 Å². The molecule has 4 saturated heterocycles. The highest BCUT2D eigenvalue weighted by molar-refractivity contribution is 6.32. The molecule has 2 bridgehead atoms. The number of aromatic nitrogens is 2. The zero-order chi connectivity index (χ0) is 29.4.